The molecule has 0 atom stereocenters. The van der Waals surface area contributed by atoms with Gasteiger partial charge in [-0.05, 0) is 67.0 Å². The zero-order valence-electron chi connectivity index (χ0n) is 24.5. The summed E-state index contributed by atoms with van der Waals surface area (Å²) in [6.07, 6.45) is 0. The Morgan fingerprint density at radius 2 is 0.822 bits per heavy atom. The molecule has 0 unspecified atom stereocenters. The van der Waals surface area contributed by atoms with Crippen LogP contribution in [0, 0.1) is 0 Å². The molecule has 208 valence electrons. The molecule has 1 heterocycles. The van der Waals surface area contributed by atoms with E-state index < -0.39 is 0 Å². The molecule has 0 aliphatic heterocycles. The molecule has 0 aliphatic carbocycles. The van der Waals surface area contributed by atoms with Crippen LogP contribution in [0.1, 0.15) is 0 Å². The predicted octanol–water partition coefficient (Wildman–Crippen LogP) is 12.2. The zero-order valence-corrected chi connectivity index (χ0v) is 24.5. The third kappa shape index (κ3) is 3.50. The summed E-state index contributed by atoms with van der Waals surface area (Å²) in [7, 11) is 0. The molecule has 0 saturated heterocycles. The third-order valence-electron chi connectivity index (χ3n) is 9.68. The predicted molar refractivity (Wildman–Crippen MR) is 194 cm³/mol. The van der Waals surface area contributed by atoms with Gasteiger partial charge >= 0.3 is 0 Å². The van der Waals surface area contributed by atoms with E-state index in [9.17, 15) is 0 Å². The number of aromatic nitrogens is 1. The van der Waals surface area contributed by atoms with Crippen LogP contribution in [0.5, 0.6) is 0 Å². The second-order valence-electron chi connectivity index (χ2n) is 12.1. The van der Waals surface area contributed by atoms with E-state index in [2.05, 4.69) is 168 Å². The van der Waals surface area contributed by atoms with Gasteiger partial charge in [-0.1, -0.05) is 146 Å². The highest BCUT2D eigenvalue weighted by Gasteiger charge is 2.22. The van der Waals surface area contributed by atoms with E-state index in [-0.39, 0.29) is 0 Å². The molecule has 10 rings (SSSR count). The minimum absolute atomic E-state index is 1.23. The van der Waals surface area contributed by atoms with Gasteiger partial charge < -0.3 is 4.57 Å². The summed E-state index contributed by atoms with van der Waals surface area (Å²) in [5, 5.41) is 15.1. The first-order valence-corrected chi connectivity index (χ1v) is 15.6. The van der Waals surface area contributed by atoms with E-state index in [1.807, 2.05) is 0 Å². The van der Waals surface area contributed by atoms with E-state index in [4.69, 9.17) is 0 Å². The second-order valence-corrected chi connectivity index (χ2v) is 12.1. The van der Waals surface area contributed by atoms with Crippen molar-refractivity contribution in [1.82, 2.24) is 4.57 Å². The van der Waals surface area contributed by atoms with Crippen LogP contribution in [0.3, 0.4) is 0 Å². The van der Waals surface area contributed by atoms with Crippen molar-refractivity contribution in [2.24, 2.45) is 0 Å². The number of hydrogen-bond acceptors (Lipinski definition) is 0. The summed E-state index contributed by atoms with van der Waals surface area (Å²) in [6.45, 7) is 0. The first-order valence-electron chi connectivity index (χ1n) is 15.6. The van der Waals surface area contributed by atoms with E-state index in [1.165, 1.54) is 92.5 Å². The van der Waals surface area contributed by atoms with E-state index in [0.717, 1.165) is 0 Å². The number of benzene rings is 9. The molecule has 45 heavy (non-hydrogen) atoms. The van der Waals surface area contributed by atoms with Crippen LogP contribution in [0.4, 0.5) is 0 Å². The highest BCUT2D eigenvalue weighted by molar-refractivity contribution is 6.25. The van der Waals surface area contributed by atoms with E-state index in [0.29, 0.717) is 0 Å². The van der Waals surface area contributed by atoms with E-state index >= 15 is 0 Å². The molecule has 0 amide bonds. The van der Waals surface area contributed by atoms with Crippen molar-refractivity contribution in [3.63, 3.8) is 0 Å². The molecule has 0 radical (unpaired) electrons. The monoisotopic (exact) mass is 569 g/mol. The van der Waals surface area contributed by atoms with Gasteiger partial charge in [0.2, 0.25) is 0 Å². The molecule has 0 aliphatic rings. The van der Waals surface area contributed by atoms with Gasteiger partial charge in [-0.3, -0.25) is 0 Å². The Labute approximate surface area is 260 Å². The van der Waals surface area contributed by atoms with Gasteiger partial charge in [-0.25, -0.2) is 0 Å². The Hall–Kier alpha value is -5.92. The molecular formula is C44H27N. The van der Waals surface area contributed by atoms with Gasteiger partial charge in [0.25, 0.3) is 0 Å². The summed E-state index contributed by atoms with van der Waals surface area (Å²) in [6, 6.07) is 60.4. The lowest BCUT2D eigenvalue weighted by Gasteiger charge is -2.20. The largest absolute Gasteiger partial charge is 0.307 e. The van der Waals surface area contributed by atoms with Gasteiger partial charge in [-0.15, -0.1) is 0 Å². The molecule has 0 spiro atoms. The first kappa shape index (κ1) is 24.5. The van der Waals surface area contributed by atoms with Crippen molar-refractivity contribution in [2.75, 3.05) is 0 Å². The van der Waals surface area contributed by atoms with Crippen molar-refractivity contribution in [3.05, 3.63) is 164 Å². The summed E-state index contributed by atoms with van der Waals surface area (Å²) < 4.78 is 2.56. The average molecular weight is 570 g/mol. The smallest absolute Gasteiger partial charge is 0.0619 e. The topological polar surface area (TPSA) is 4.93 Å². The molecule has 0 N–H and O–H groups in total. The maximum atomic E-state index is 2.56. The highest BCUT2D eigenvalue weighted by atomic mass is 15.0. The molecule has 0 fully saturated rings. The van der Waals surface area contributed by atoms with Gasteiger partial charge in [-0.2, -0.15) is 0 Å². The van der Waals surface area contributed by atoms with Gasteiger partial charge in [0, 0.05) is 26.9 Å². The SMILES string of the molecule is c1ccc2cc(-c3c4ccccc4c(-n4c5cc6ccccc6cc5c5ccc6ccccc6c54)c4ccccc34)ccc2c1. The fourth-order valence-corrected chi connectivity index (χ4v) is 7.70. The van der Waals surface area contributed by atoms with Crippen molar-refractivity contribution < 1.29 is 0 Å². The van der Waals surface area contributed by atoms with Crippen LogP contribution < -0.4 is 0 Å². The lowest BCUT2D eigenvalue weighted by atomic mass is 9.89. The molecule has 0 saturated carbocycles. The Morgan fingerprint density at radius 3 is 1.51 bits per heavy atom. The van der Waals surface area contributed by atoms with Gasteiger partial charge in [0.1, 0.15) is 0 Å². The van der Waals surface area contributed by atoms with Gasteiger partial charge in [0.15, 0.2) is 0 Å². The molecule has 9 aromatic carbocycles. The number of fused-ring (bicyclic) bond motifs is 9. The van der Waals surface area contributed by atoms with Crippen molar-refractivity contribution in [1.29, 1.82) is 0 Å². The van der Waals surface area contributed by atoms with Crippen molar-refractivity contribution in [2.45, 2.75) is 0 Å². The zero-order chi connectivity index (χ0) is 29.5. The minimum Gasteiger partial charge on any atom is -0.307 e. The maximum Gasteiger partial charge on any atom is 0.0619 e. The normalized spacial score (nSPS) is 12.0. The van der Waals surface area contributed by atoms with E-state index in [1.54, 1.807) is 0 Å². The highest BCUT2D eigenvalue weighted by Crippen LogP contribution is 2.46. The van der Waals surface area contributed by atoms with Crippen LogP contribution in [0.15, 0.2) is 164 Å². The standard InChI is InChI=1S/C44H27N/c1-2-13-30-25-33(22-21-28(30)11-1)42-35-17-7-9-19-37(35)44(38-20-10-8-18-36(38)42)45-41-27-32-15-4-3-14-31(32)26-40(41)39-24-23-29-12-5-6-16-34(29)43(39)45/h1-27H. The third-order valence-corrected chi connectivity index (χ3v) is 9.68. The molecule has 1 nitrogen and oxygen atoms in total. The summed E-state index contributed by atoms with van der Waals surface area (Å²) in [5.74, 6) is 0. The van der Waals surface area contributed by atoms with Gasteiger partial charge in [0.05, 0.1) is 16.7 Å². The second kappa shape index (κ2) is 9.29. The number of rotatable bonds is 2. The number of nitrogens with zero attached hydrogens (tertiary/aromatic N) is 1. The van der Waals surface area contributed by atoms with Crippen molar-refractivity contribution >= 4 is 75.7 Å². The van der Waals surface area contributed by atoms with Crippen LogP contribution in [-0.2, 0) is 0 Å². The first-order chi connectivity index (χ1) is 22.3. The quantitative estimate of drug-likeness (QED) is 0.183. The minimum atomic E-state index is 1.23. The lowest BCUT2D eigenvalue weighted by Crippen LogP contribution is -1.99. The average Bonchev–Trinajstić information content (AvgIpc) is 3.42. The molecule has 0 bridgehead atoms. The summed E-state index contributed by atoms with van der Waals surface area (Å²) >= 11 is 0. The summed E-state index contributed by atoms with van der Waals surface area (Å²) in [4.78, 5) is 0. The van der Waals surface area contributed by atoms with Crippen LogP contribution in [-0.4, -0.2) is 4.57 Å². The Kier molecular flexibility index (Phi) is 5.06. The molecule has 10 aromatic rings. The fourth-order valence-electron chi connectivity index (χ4n) is 7.70. The fraction of sp³-hybridized carbons (Fsp3) is 0. The van der Waals surface area contributed by atoms with Crippen LogP contribution >= 0.6 is 0 Å². The Morgan fingerprint density at radius 1 is 0.311 bits per heavy atom. The number of hydrogen-bond donors (Lipinski definition) is 0. The summed E-state index contributed by atoms with van der Waals surface area (Å²) in [5.41, 5.74) is 6.25. The Bertz CT molecular complexity index is 2760. The van der Waals surface area contributed by atoms with Crippen LogP contribution in [0.2, 0.25) is 0 Å². The molecule has 1 heteroatoms. The molecule has 1 aromatic heterocycles. The molecular weight excluding hydrogens is 542 g/mol. The Balaban J connectivity index is 1.44. The lowest BCUT2D eigenvalue weighted by molar-refractivity contribution is 1.22. The van der Waals surface area contributed by atoms with Crippen LogP contribution in [0.25, 0.3) is 92.5 Å². The maximum absolute atomic E-state index is 2.56. The van der Waals surface area contributed by atoms with Crippen molar-refractivity contribution in [3.8, 4) is 16.8 Å².